The SMILES string of the molecule is CC(=O)Oc1ccc2c3c1O[C@H]1C(=O)CC[C@@]4(OC(C)=O)[C@@H](C2)N(C)C(C)C[C@]314. The first-order chi connectivity index (χ1) is 13.7. The lowest BCUT2D eigenvalue weighted by Crippen LogP contribution is -2.78. The van der Waals surface area contributed by atoms with Gasteiger partial charge in [0.25, 0.3) is 0 Å². The predicted molar refractivity (Wildman–Crippen MR) is 102 cm³/mol. The van der Waals surface area contributed by atoms with E-state index < -0.39 is 23.1 Å². The summed E-state index contributed by atoms with van der Waals surface area (Å²) in [5.41, 5.74) is 0.362. The number of hydrogen-bond acceptors (Lipinski definition) is 7. The molecule has 2 aliphatic heterocycles. The van der Waals surface area contributed by atoms with Crippen LogP contribution in [0.5, 0.6) is 11.5 Å². The molecule has 1 unspecified atom stereocenters. The molecular formula is C22H25NO6. The summed E-state index contributed by atoms with van der Waals surface area (Å²) in [5, 5.41) is 0. The van der Waals surface area contributed by atoms with E-state index in [1.807, 2.05) is 6.07 Å². The molecule has 7 nitrogen and oxygen atoms in total. The van der Waals surface area contributed by atoms with Gasteiger partial charge in [-0.1, -0.05) is 6.07 Å². The average Bonchev–Trinajstić information content (AvgIpc) is 2.98. The van der Waals surface area contributed by atoms with Crippen LogP contribution in [0.2, 0.25) is 0 Å². The quantitative estimate of drug-likeness (QED) is 0.555. The molecule has 1 saturated carbocycles. The van der Waals surface area contributed by atoms with E-state index in [1.165, 1.54) is 13.8 Å². The molecule has 2 aliphatic carbocycles. The summed E-state index contributed by atoms with van der Waals surface area (Å²) >= 11 is 0. The number of esters is 2. The number of piperidine rings is 1. The predicted octanol–water partition coefficient (Wildman–Crippen LogP) is 1.92. The van der Waals surface area contributed by atoms with Gasteiger partial charge in [-0.3, -0.25) is 19.3 Å². The summed E-state index contributed by atoms with van der Waals surface area (Å²) in [4.78, 5) is 39.3. The van der Waals surface area contributed by atoms with Crippen LogP contribution in [0.1, 0.15) is 51.2 Å². The summed E-state index contributed by atoms with van der Waals surface area (Å²) in [6.07, 6.45) is 1.35. The highest BCUT2D eigenvalue weighted by Gasteiger charge is 2.76. The minimum atomic E-state index is -0.842. The number of Topliss-reactive ketones (excluding diaryl/α,β-unsaturated/α-hetero) is 1. The molecule has 7 heteroatoms. The minimum absolute atomic E-state index is 0.0149. The van der Waals surface area contributed by atoms with E-state index in [0.717, 1.165) is 11.1 Å². The zero-order chi connectivity index (χ0) is 20.7. The fraction of sp³-hybridized carbons (Fsp3) is 0.591. The van der Waals surface area contributed by atoms with Gasteiger partial charge in [-0.15, -0.1) is 0 Å². The van der Waals surface area contributed by atoms with Gasteiger partial charge < -0.3 is 14.2 Å². The first kappa shape index (κ1) is 18.6. The summed E-state index contributed by atoms with van der Waals surface area (Å²) in [6.45, 7) is 4.90. The number of likely N-dealkylation sites (tertiary alicyclic amines) is 1. The maximum Gasteiger partial charge on any atom is 0.308 e. The normalized spacial score (nSPS) is 36.8. The number of nitrogens with zero attached hydrogens (tertiary/aromatic N) is 1. The summed E-state index contributed by atoms with van der Waals surface area (Å²) in [5.74, 6) is 0.0130. The van der Waals surface area contributed by atoms with Crippen molar-refractivity contribution >= 4 is 17.7 Å². The smallest absolute Gasteiger partial charge is 0.308 e. The number of likely N-dealkylation sites (N-methyl/N-ethyl adjacent to an activating group) is 1. The highest BCUT2D eigenvalue weighted by atomic mass is 16.6. The monoisotopic (exact) mass is 399 g/mol. The van der Waals surface area contributed by atoms with Crippen molar-refractivity contribution in [2.24, 2.45) is 0 Å². The molecule has 2 heterocycles. The number of benzene rings is 1. The van der Waals surface area contributed by atoms with Gasteiger partial charge in [-0.2, -0.15) is 0 Å². The maximum atomic E-state index is 13.1. The zero-order valence-electron chi connectivity index (χ0n) is 17.1. The van der Waals surface area contributed by atoms with Gasteiger partial charge in [0, 0.05) is 31.9 Å². The summed E-state index contributed by atoms with van der Waals surface area (Å²) in [6, 6.07) is 3.83. The lowest BCUT2D eigenvalue weighted by Gasteiger charge is -2.64. The van der Waals surface area contributed by atoms with Crippen molar-refractivity contribution in [1.82, 2.24) is 4.90 Å². The van der Waals surface area contributed by atoms with E-state index in [4.69, 9.17) is 14.2 Å². The molecule has 0 aromatic heterocycles. The fourth-order valence-electron chi connectivity index (χ4n) is 6.48. The molecule has 29 heavy (non-hydrogen) atoms. The average molecular weight is 399 g/mol. The van der Waals surface area contributed by atoms with Crippen molar-refractivity contribution in [1.29, 1.82) is 0 Å². The Bertz CT molecular complexity index is 957. The Morgan fingerprint density at radius 1 is 1.24 bits per heavy atom. The van der Waals surface area contributed by atoms with Crippen molar-refractivity contribution in [2.45, 2.75) is 75.7 Å². The van der Waals surface area contributed by atoms with E-state index >= 15 is 0 Å². The van der Waals surface area contributed by atoms with Crippen LogP contribution in [0.25, 0.3) is 0 Å². The molecule has 2 fully saturated rings. The molecule has 1 aromatic rings. The van der Waals surface area contributed by atoms with Crippen LogP contribution in [0.15, 0.2) is 12.1 Å². The Morgan fingerprint density at radius 2 is 2.00 bits per heavy atom. The molecule has 1 saturated heterocycles. The second-order valence-electron chi connectivity index (χ2n) is 8.88. The van der Waals surface area contributed by atoms with E-state index in [1.54, 1.807) is 6.07 Å². The Balaban J connectivity index is 1.83. The van der Waals surface area contributed by atoms with E-state index in [-0.39, 0.29) is 23.8 Å². The van der Waals surface area contributed by atoms with E-state index in [9.17, 15) is 14.4 Å². The van der Waals surface area contributed by atoms with Crippen molar-refractivity contribution in [3.8, 4) is 11.5 Å². The largest absolute Gasteiger partial charge is 0.477 e. The molecule has 0 amide bonds. The third-order valence-electron chi connectivity index (χ3n) is 7.46. The van der Waals surface area contributed by atoms with Crippen LogP contribution < -0.4 is 9.47 Å². The number of hydrogen-bond donors (Lipinski definition) is 0. The highest BCUT2D eigenvalue weighted by Crippen LogP contribution is 2.66. The lowest BCUT2D eigenvalue weighted by atomic mass is 9.48. The summed E-state index contributed by atoms with van der Waals surface area (Å²) < 4.78 is 17.9. The number of ether oxygens (including phenoxy) is 3. The third-order valence-corrected chi connectivity index (χ3v) is 7.46. The molecule has 2 bridgehead atoms. The number of carbonyl (C=O) groups is 3. The van der Waals surface area contributed by atoms with Crippen LogP contribution >= 0.6 is 0 Å². The van der Waals surface area contributed by atoms with Gasteiger partial charge in [-0.05, 0) is 44.9 Å². The van der Waals surface area contributed by atoms with Gasteiger partial charge in [0.15, 0.2) is 23.4 Å². The van der Waals surface area contributed by atoms with Gasteiger partial charge in [0.05, 0.1) is 11.5 Å². The van der Waals surface area contributed by atoms with Crippen molar-refractivity contribution < 1.29 is 28.6 Å². The molecule has 154 valence electrons. The van der Waals surface area contributed by atoms with Crippen LogP contribution in [0.3, 0.4) is 0 Å². The lowest BCUT2D eigenvalue weighted by molar-refractivity contribution is -0.218. The molecule has 0 radical (unpaired) electrons. The van der Waals surface area contributed by atoms with Gasteiger partial charge >= 0.3 is 11.9 Å². The number of ketones is 1. The Hall–Kier alpha value is -2.41. The second-order valence-corrected chi connectivity index (χ2v) is 8.88. The molecule has 4 aliphatic rings. The second kappa shape index (κ2) is 5.81. The third kappa shape index (κ3) is 2.14. The minimum Gasteiger partial charge on any atom is -0.477 e. The first-order valence-corrected chi connectivity index (χ1v) is 10.2. The molecular weight excluding hydrogens is 374 g/mol. The van der Waals surface area contributed by atoms with Gasteiger partial charge in [0.1, 0.15) is 5.60 Å². The Morgan fingerprint density at radius 3 is 2.69 bits per heavy atom. The Labute approximate surface area is 169 Å². The van der Waals surface area contributed by atoms with Crippen molar-refractivity contribution in [3.63, 3.8) is 0 Å². The topological polar surface area (TPSA) is 82.1 Å². The molecule has 5 rings (SSSR count). The first-order valence-electron chi connectivity index (χ1n) is 10.2. The zero-order valence-corrected chi connectivity index (χ0v) is 17.1. The Kier molecular flexibility index (Phi) is 3.73. The molecule has 1 spiro atoms. The van der Waals surface area contributed by atoms with Crippen molar-refractivity contribution in [2.75, 3.05) is 7.05 Å². The standard InChI is InChI=1S/C22H25NO6/c1-11-10-21-18-14-5-6-16(27-12(2)24)19(18)28-20(21)15(26)7-8-22(21,29-13(3)25)17(9-14)23(11)4/h5-6,11,17,20H,7-10H2,1-4H3/t11?,17-,20+,21+,22-/m1/s1. The van der Waals surface area contributed by atoms with Crippen molar-refractivity contribution in [3.05, 3.63) is 23.3 Å². The fourth-order valence-corrected chi connectivity index (χ4v) is 6.48. The highest BCUT2D eigenvalue weighted by molar-refractivity contribution is 5.90. The maximum absolute atomic E-state index is 13.1. The molecule has 1 aromatic carbocycles. The van der Waals surface area contributed by atoms with E-state index in [0.29, 0.717) is 37.2 Å². The van der Waals surface area contributed by atoms with Crippen LogP contribution in [0.4, 0.5) is 0 Å². The van der Waals surface area contributed by atoms with Crippen LogP contribution in [0, 0.1) is 0 Å². The number of carbonyl (C=O) groups excluding carboxylic acids is 3. The molecule has 5 atom stereocenters. The van der Waals surface area contributed by atoms with Gasteiger partial charge in [0.2, 0.25) is 0 Å². The van der Waals surface area contributed by atoms with Crippen LogP contribution in [-0.2, 0) is 31.0 Å². The van der Waals surface area contributed by atoms with E-state index in [2.05, 4.69) is 18.9 Å². The van der Waals surface area contributed by atoms with Crippen LogP contribution in [-0.4, -0.2) is 53.5 Å². The van der Waals surface area contributed by atoms with Gasteiger partial charge in [-0.25, -0.2) is 0 Å². The summed E-state index contributed by atoms with van der Waals surface area (Å²) in [7, 11) is 2.06. The number of rotatable bonds is 2. The molecule has 0 N–H and O–H groups in total.